The van der Waals surface area contributed by atoms with Crippen molar-refractivity contribution in [1.29, 1.82) is 5.26 Å². The van der Waals surface area contributed by atoms with E-state index in [2.05, 4.69) is 16.2 Å². The molecule has 0 amide bonds. The minimum absolute atomic E-state index is 0.0106. The number of rotatable bonds is 6. The van der Waals surface area contributed by atoms with Gasteiger partial charge in [0.15, 0.2) is 5.78 Å². The SMILES string of the molecule is COc1cc(C)cc(-c2nn(CC#N)cc2-c2ccnc(-c3cccc(C(C)=O)c3)c2)c1. The first-order chi connectivity index (χ1) is 15.5. The Morgan fingerprint density at radius 1 is 1.09 bits per heavy atom. The van der Waals surface area contributed by atoms with E-state index in [-0.39, 0.29) is 12.3 Å². The van der Waals surface area contributed by atoms with Crippen molar-refractivity contribution in [3.63, 3.8) is 0 Å². The Hall–Kier alpha value is -4.24. The number of benzene rings is 2. The molecule has 2 aromatic heterocycles. The normalized spacial score (nSPS) is 10.6. The Bertz CT molecular complexity index is 1350. The Labute approximate surface area is 186 Å². The molecule has 0 atom stereocenters. The lowest BCUT2D eigenvalue weighted by molar-refractivity contribution is 0.101. The minimum Gasteiger partial charge on any atom is -0.497 e. The second-order valence-corrected chi connectivity index (χ2v) is 7.55. The van der Waals surface area contributed by atoms with Crippen molar-refractivity contribution in [1.82, 2.24) is 14.8 Å². The van der Waals surface area contributed by atoms with Crippen LogP contribution in [0.5, 0.6) is 5.75 Å². The highest BCUT2D eigenvalue weighted by atomic mass is 16.5. The van der Waals surface area contributed by atoms with Crippen LogP contribution in [0.2, 0.25) is 0 Å². The first-order valence-electron chi connectivity index (χ1n) is 10.2. The molecule has 0 radical (unpaired) electrons. The lowest BCUT2D eigenvalue weighted by Crippen LogP contribution is -1.95. The molecule has 0 unspecified atom stereocenters. The summed E-state index contributed by atoms with van der Waals surface area (Å²) in [5.74, 6) is 0.758. The van der Waals surface area contributed by atoms with Crippen LogP contribution >= 0.6 is 0 Å². The lowest BCUT2D eigenvalue weighted by Gasteiger charge is -2.09. The molecule has 0 saturated heterocycles. The topological polar surface area (TPSA) is 80.8 Å². The van der Waals surface area contributed by atoms with Gasteiger partial charge in [0.25, 0.3) is 0 Å². The van der Waals surface area contributed by atoms with Crippen molar-refractivity contribution in [2.24, 2.45) is 0 Å². The Morgan fingerprint density at radius 3 is 2.69 bits per heavy atom. The van der Waals surface area contributed by atoms with Gasteiger partial charge in [0, 0.05) is 34.6 Å². The summed E-state index contributed by atoms with van der Waals surface area (Å²) in [6.45, 7) is 3.70. The van der Waals surface area contributed by atoms with Gasteiger partial charge in [-0.1, -0.05) is 18.2 Å². The number of aromatic nitrogens is 3. The number of ether oxygens (including phenoxy) is 1. The molecular weight excluding hydrogens is 400 g/mol. The number of nitriles is 1. The van der Waals surface area contributed by atoms with E-state index in [0.717, 1.165) is 45.0 Å². The molecule has 0 N–H and O–H groups in total. The molecule has 0 fully saturated rings. The molecule has 158 valence electrons. The first kappa shape index (κ1) is 21.0. The van der Waals surface area contributed by atoms with E-state index in [1.165, 1.54) is 0 Å². The van der Waals surface area contributed by atoms with Gasteiger partial charge in [0.1, 0.15) is 18.0 Å². The fourth-order valence-corrected chi connectivity index (χ4v) is 3.66. The van der Waals surface area contributed by atoms with Crippen LogP contribution in [0.1, 0.15) is 22.8 Å². The third kappa shape index (κ3) is 4.28. The monoisotopic (exact) mass is 422 g/mol. The van der Waals surface area contributed by atoms with Crippen molar-refractivity contribution in [2.75, 3.05) is 7.11 Å². The van der Waals surface area contributed by atoms with Gasteiger partial charge in [-0.25, -0.2) is 0 Å². The van der Waals surface area contributed by atoms with Crippen molar-refractivity contribution < 1.29 is 9.53 Å². The van der Waals surface area contributed by atoms with Crippen molar-refractivity contribution in [3.05, 3.63) is 78.1 Å². The highest BCUT2D eigenvalue weighted by Gasteiger charge is 2.16. The zero-order valence-electron chi connectivity index (χ0n) is 18.2. The molecule has 6 nitrogen and oxygen atoms in total. The third-order valence-corrected chi connectivity index (χ3v) is 5.19. The van der Waals surface area contributed by atoms with Crippen LogP contribution in [0, 0.1) is 18.3 Å². The van der Waals surface area contributed by atoms with Gasteiger partial charge in [-0.05, 0) is 61.4 Å². The van der Waals surface area contributed by atoms with Crippen LogP contribution in [-0.2, 0) is 6.54 Å². The van der Waals surface area contributed by atoms with Gasteiger partial charge in [-0.15, -0.1) is 0 Å². The quantitative estimate of drug-likeness (QED) is 0.393. The number of ketones is 1. The molecule has 2 heterocycles. The summed E-state index contributed by atoms with van der Waals surface area (Å²) in [5.41, 5.74) is 6.79. The smallest absolute Gasteiger partial charge is 0.159 e. The van der Waals surface area contributed by atoms with E-state index in [9.17, 15) is 10.1 Å². The molecule has 32 heavy (non-hydrogen) atoms. The predicted molar refractivity (Wildman–Crippen MR) is 123 cm³/mol. The number of nitrogens with zero attached hydrogens (tertiary/aromatic N) is 4. The highest BCUT2D eigenvalue weighted by Crippen LogP contribution is 2.35. The largest absolute Gasteiger partial charge is 0.497 e. The summed E-state index contributed by atoms with van der Waals surface area (Å²) >= 11 is 0. The molecule has 4 rings (SSSR count). The standard InChI is InChI=1S/C26H22N4O2/c1-17-11-22(14-23(12-17)32-3)26-24(16-30(29-26)10-8-27)20-7-9-28-25(15-20)21-6-4-5-19(13-21)18(2)31/h4-7,9,11-16H,10H2,1-3H3. The van der Waals surface area contributed by atoms with Crippen molar-refractivity contribution in [3.8, 4) is 45.5 Å². The van der Waals surface area contributed by atoms with Crippen molar-refractivity contribution in [2.45, 2.75) is 20.4 Å². The average molecular weight is 422 g/mol. The Balaban J connectivity index is 1.85. The fraction of sp³-hybridized carbons (Fsp3) is 0.154. The van der Waals surface area contributed by atoms with Crippen LogP contribution < -0.4 is 4.74 Å². The van der Waals surface area contributed by atoms with Crippen LogP contribution in [0.15, 0.2) is 67.0 Å². The lowest BCUT2D eigenvalue weighted by atomic mass is 9.99. The molecule has 0 aliphatic heterocycles. The van der Waals surface area contributed by atoms with Gasteiger partial charge in [-0.3, -0.25) is 14.5 Å². The molecule has 6 heteroatoms. The fourth-order valence-electron chi connectivity index (χ4n) is 3.66. The van der Waals surface area contributed by atoms with Gasteiger partial charge < -0.3 is 4.74 Å². The molecular formula is C26H22N4O2. The number of carbonyl (C=O) groups is 1. The maximum absolute atomic E-state index is 11.8. The molecule has 0 aliphatic rings. The predicted octanol–water partition coefficient (Wildman–Crippen LogP) is 5.32. The minimum atomic E-state index is 0.0106. The summed E-state index contributed by atoms with van der Waals surface area (Å²) < 4.78 is 7.07. The number of carbonyl (C=O) groups excluding carboxylic acids is 1. The Kier molecular flexibility index (Phi) is 5.82. The van der Waals surface area contributed by atoms with Crippen LogP contribution in [0.25, 0.3) is 33.6 Å². The van der Waals surface area contributed by atoms with Gasteiger partial charge in [0.05, 0.1) is 18.9 Å². The summed E-state index contributed by atoms with van der Waals surface area (Å²) in [5, 5.41) is 13.9. The summed E-state index contributed by atoms with van der Waals surface area (Å²) in [4.78, 5) is 16.3. The van der Waals surface area contributed by atoms with Crippen LogP contribution in [0.4, 0.5) is 0 Å². The van der Waals surface area contributed by atoms with E-state index in [1.807, 2.05) is 61.7 Å². The van der Waals surface area contributed by atoms with Gasteiger partial charge in [-0.2, -0.15) is 10.4 Å². The van der Waals surface area contributed by atoms with Gasteiger partial charge >= 0.3 is 0 Å². The highest BCUT2D eigenvalue weighted by molar-refractivity contribution is 5.95. The zero-order valence-corrected chi connectivity index (χ0v) is 18.2. The second kappa shape index (κ2) is 8.86. The zero-order chi connectivity index (χ0) is 22.7. The molecule has 0 aliphatic carbocycles. The number of pyridine rings is 1. The summed E-state index contributed by atoms with van der Waals surface area (Å²) in [6, 6.07) is 19.4. The van der Waals surface area contributed by atoms with E-state index in [4.69, 9.17) is 4.74 Å². The maximum Gasteiger partial charge on any atom is 0.159 e. The average Bonchev–Trinajstić information content (AvgIpc) is 3.23. The molecule has 4 aromatic rings. The van der Waals surface area contributed by atoms with Crippen LogP contribution in [-0.4, -0.2) is 27.7 Å². The summed E-state index contributed by atoms with van der Waals surface area (Å²) in [6.07, 6.45) is 3.62. The number of aryl methyl sites for hydroxylation is 1. The molecule has 0 saturated carbocycles. The molecule has 0 spiro atoms. The van der Waals surface area contributed by atoms with E-state index < -0.39 is 0 Å². The number of methoxy groups -OCH3 is 1. The maximum atomic E-state index is 11.8. The van der Waals surface area contributed by atoms with E-state index in [1.54, 1.807) is 31.0 Å². The third-order valence-electron chi connectivity index (χ3n) is 5.19. The molecule has 0 bridgehead atoms. The number of hydrogen-bond donors (Lipinski definition) is 0. The van der Waals surface area contributed by atoms with Crippen molar-refractivity contribution >= 4 is 5.78 Å². The Morgan fingerprint density at radius 2 is 1.94 bits per heavy atom. The second-order valence-electron chi connectivity index (χ2n) is 7.55. The van der Waals surface area contributed by atoms with Gasteiger partial charge in [0.2, 0.25) is 0 Å². The number of Topliss-reactive ketones (excluding diaryl/α,β-unsaturated/α-hetero) is 1. The summed E-state index contributed by atoms with van der Waals surface area (Å²) in [7, 11) is 1.64. The number of hydrogen-bond acceptors (Lipinski definition) is 5. The first-order valence-corrected chi connectivity index (χ1v) is 10.2. The van der Waals surface area contributed by atoms with E-state index in [0.29, 0.717) is 5.56 Å². The molecule has 2 aromatic carbocycles. The van der Waals surface area contributed by atoms with Crippen LogP contribution in [0.3, 0.4) is 0 Å². The van der Waals surface area contributed by atoms with E-state index >= 15 is 0 Å².